The Bertz CT molecular complexity index is 493. The molecule has 1 aromatic carbocycles. The maximum Gasteiger partial charge on any atom is 0.123 e. The molecule has 2 rings (SSSR count). The van der Waals surface area contributed by atoms with Gasteiger partial charge in [0.05, 0.1) is 11.6 Å². The quantitative estimate of drug-likeness (QED) is 0.770. The van der Waals surface area contributed by atoms with Gasteiger partial charge in [-0.15, -0.1) is 22.9 Å². The summed E-state index contributed by atoms with van der Waals surface area (Å²) in [5.41, 5.74) is 3.45. The lowest BCUT2D eigenvalue weighted by molar-refractivity contribution is 0.346. The van der Waals surface area contributed by atoms with Gasteiger partial charge in [-0.25, -0.2) is 4.98 Å². The molecular formula is C14H17ClN2S. The topological polar surface area (TPSA) is 16.1 Å². The highest BCUT2D eigenvalue weighted by Crippen LogP contribution is 2.24. The monoisotopic (exact) mass is 280 g/mol. The lowest BCUT2D eigenvalue weighted by atomic mass is 10.1. The SMILES string of the molecule is CCN(C)Cc1ccc(-c2nc(CCl)cs2)cc1. The van der Waals surface area contributed by atoms with E-state index in [-0.39, 0.29) is 0 Å². The molecule has 4 heteroatoms. The van der Waals surface area contributed by atoms with Crippen LogP contribution in [0.1, 0.15) is 18.2 Å². The van der Waals surface area contributed by atoms with E-state index in [1.54, 1.807) is 11.3 Å². The normalized spacial score (nSPS) is 11.1. The van der Waals surface area contributed by atoms with Gasteiger partial charge in [-0.1, -0.05) is 31.2 Å². The largest absolute Gasteiger partial charge is 0.302 e. The van der Waals surface area contributed by atoms with Crippen molar-refractivity contribution in [1.82, 2.24) is 9.88 Å². The van der Waals surface area contributed by atoms with E-state index < -0.39 is 0 Å². The fraction of sp³-hybridized carbons (Fsp3) is 0.357. The van der Waals surface area contributed by atoms with E-state index in [1.165, 1.54) is 11.1 Å². The van der Waals surface area contributed by atoms with Crippen LogP contribution in [0.3, 0.4) is 0 Å². The number of halogens is 1. The Labute approximate surface area is 117 Å². The second kappa shape index (κ2) is 6.32. The molecule has 1 aromatic heterocycles. The maximum absolute atomic E-state index is 5.76. The van der Waals surface area contributed by atoms with Crippen molar-refractivity contribution in [1.29, 1.82) is 0 Å². The molecule has 0 saturated heterocycles. The molecule has 0 aliphatic carbocycles. The van der Waals surface area contributed by atoms with Crippen LogP contribution in [0, 0.1) is 0 Å². The van der Waals surface area contributed by atoms with Gasteiger partial charge in [0.2, 0.25) is 0 Å². The van der Waals surface area contributed by atoms with Gasteiger partial charge in [-0.2, -0.15) is 0 Å². The third-order valence-corrected chi connectivity index (χ3v) is 4.10. The molecule has 2 aromatic rings. The summed E-state index contributed by atoms with van der Waals surface area (Å²) in [6.07, 6.45) is 0. The Morgan fingerprint density at radius 1 is 1.28 bits per heavy atom. The van der Waals surface area contributed by atoms with Crippen LogP contribution in [0.2, 0.25) is 0 Å². The first kappa shape index (κ1) is 13.5. The van der Waals surface area contributed by atoms with Crippen LogP contribution in [-0.4, -0.2) is 23.5 Å². The van der Waals surface area contributed by atoms with E-state index >= 15 is 0 Å². The molecule has 96 valence electrons. The van der Waals surface area contributed by atoms with Crippen molar-refractivity contribution in [2.24, 2.45) is 0 Å². The molecule has 0 aliphatic rings. The van der Waals surface area contributed by atoms with Crippen LogP contribution < -0.4 is 0 Å². The summed E-state index contributed by atoms with van der Waals surface area (Å²) >= 11 is 7.41. The van der Waals surface area contributed by atoms with E-state index in [9.17, 15) is 0 Å². The lowest BCUT2D eigenvalue weighted by Gasteiger charge is -2.13. The first-order chi connectivity index (χ1) is 8.72. The number of benzene rings is 1. The first-order valence-electron chi connectivity index (χ1n) is 6.01. The minimum absolute atomic E-state index is 0.482. The zero-order chi connectivity index (χ0) is 13.0. The molecule has 0 spiro atoms. The maximum atomic E-state index is 5.76. The lowest BCUT2D eigenvalue weighted by Crippen LogP contribution is -2.16. The molecule has 0 amide bonds. The van der Waals surface area contributed by atoms with Gasteiger partial charge >= 0.3 is 0 Å². The van der Waals surface area contributed by atoms with Gasteiger partial charge < -0.3 is 4.90 Å². The smallest absolute Gasteiger partial charge is 0.123 e. The van der Waals surface area contributed by atoms with Crippen LogP contribution in [0.5, 0.6) is 0 Å². The number of thiazole rings is 1. The fourth-order valence-electron chi connectivity index (χ4n) is 1.68. The number of hydrogen-bond donors (Lipinski definition) is 0. The first-order valence-corrected chi connectivity index (χ1v) is 7.42. The number of rotatable bonds is 5. The van der Waals surface area contributed by atoms with Crippen molar-refractivity contribution in [3.05, 3.63) is 40.9 Å². The Hall–Kier alpha value is -0.900. The second-order valence-electron chi connectivity index (χ2n) is 4.30. The summed E-state index contributed by atoms with van der Waals surface area (Å²) < 4.78 is 0. The second-order valence-corrected chi connectivity index (χ2v) is 5.43. The standard InChI is InChI=1S/C14H17ClN2S/c1-3-17(2)9-11-4-6-12(7-5-11)14-16-13(8-15)10-18-14/h4-7,10H,3,8-9H2,1-2H3. The minimum atomic E-state index is 0.482. The molecule has 0 radical (unpaired) electrons. The van der Waals surface area contributed by atoms with Crippen LogP contribution in [0.4, 0.5) is 0 Å². The van der Waals surface area contributed by atoms with Crippen molar-refractivity contribution in [3.63, 3.8) is 0 Å². The van der Waals surface area contributed by atoms with Gasteiger partial charge in [0.15, 0.2) is 0 Å². The molecule has 0 aliphatic heterocycles. The van der Waals surface area contributed by atoms with E-state index in [2.05, 4.69) is 48.1 Å². The van der Waals surface area contributed by atoms with Crippen LogP contribution >= 0.6 is 22.9 Å². The summed E-state index contributed by atoms with van der Waals surface area (Å²) in [6.45, 7) is 4.21. The highest BCUT2D eigenvalue weighted by molar-refractivity contribution is 7.13. The van der Waals surface area contributed by atoms with Crippen LogP contribution in [0.15, 0.2) is 29.6 Å². The van der Waals surface area contributed by atoms with E-state index in [0.717, 1.165) is 23.8 Å². The van der Waals surface area contributed by atoms with Crippen molar-refractivity contribution in [2.45, 2.75) is 19.3 Å². The molecule has 1 heterocycles. The zero-order valence-electron chi connectivity index (χ0n) is 10.7. The Balaban J connectivity index is 2.11. The molecule has 0 saturated carbocycles. The summed E-state index contributed by atoms with van der Waals surface area (Å²) in [5.74, 6) is 0.482. The predicted molar refractivity (Wildman–Crippen MR) is 79.1 cm³/mol. The Morgan fingerprint density at radius 2 is 2.00 bits per heavy atom. The average molecular weight is 281 g/mol. The van der Waals surface area contributed by atoms with Crippen molar-refractivity contribution >= 4 is 22.9 Å². The molecule has 0 unspecified atom stereocenters. The molecule has 2 nitrogen and oxygen atoms in total. The molecule has 0 fully saturated rings. The van der Waals surface area contributed by atoms with Crippen molar-refractivity contribution < 1.29 is 0 Å². The molecule has 0 bridgehead atoms. The summed E-state index contributed by atoms with van der Waals surface area (Å²) in [7, 11) is 2.13. The van der Waals surface area contributed by atoms with Crippen LogP contribution in [0.25, 0.3) is 10.6 Å². The minimum Gasteiger partial charge on any atom is -0.302 e. The van der Waals surface area contributed by atoms with Gasteiger partial charge in [0.25, 0.3) is 0 Å². The van der Waals surface area contributed by atoms with E-state index in [4.69, 9.17) is 11.6 Å². The van der Waals surface area contributed by atoms with Gasteiger partial charge in [0, 0.05) is 17.5 Å². The average Bonchev–Trinajstić information content (AvgIpc) is 2.88. The highest BCUT2D eigenvalue weighted by atomic mass is 35.5. The molecule has 0 atom stereocenters. The molecule has 18 heavy (non-hydrogen) atoms. The van der Waals surface area contributed by atoms with Crippen molar-refractivity contribution in [3.8, 4) is 10.6 Å². The van der Waals surface area contributed by atoms with E-state index in [0.29, 0.717) is 5.88 Å². The van der Waals surface area contributed by atoms with Gasteiger partial charge in [0.1, 0.15) is 5.01 Å². The van der Waals surface area contributed by atoms with E-state index in [1.807, 2.05) is 5.38 Å². The van der Waals surface area contributed by atoms with Crippen molar-refractivity contribution in [2.75, 3.05) is 13.6 Å². The molecule has 0 N–H and O–H groups in total. The molecular weight excluding hydrogens is 264 g/mol. The number of aromatic nitrogens is 1. The van der Waals surface area contributed by atoms with Crippen LogP contribution in [-0.2, 0) is 12.4 Å². The summed E-state index contributed by atoms with van der Waals surface area (Å²) in [4.78, 5) is 6.76. The summed E-state index contributed by atoms with van der Waals surface area (Å²) in [5, 5.41) is 3.06. The Morgan fingerprint density at radius 3 is 2.56 bits per heavy atom. The van der Waals surface area contributed by atoms with Gasteiger partial charge in [-0.3, -0.25) is 0 Å². The third kappa shape index (κ3) is 3.31. The number of alkyl halides is 1. The predicted octanol–water partition coefficient (Wildman–Crippen LogP) is 4.00. The summed E-state index contributed by atoms with van der Waals surface area (Å²) in [6, 6.07) is 8.61. The Kier molecular flexibility index (Phi) is 4.75. The number of nitrogens with zero attached hydrogens (tertiary/aromatic N) is 2. The fourth-order valence-corrected chi connectivity index (χ4v) is 2.73. The van der Waals surface area contributed by atoms with Gasteiger partial charge in [-0.05, 0) is 19.2 Å². The highest BCUT2D eigenvalue weighted by Gasteiger charge is 2.04. The number of hydrogen-bond acceptors (Lipinski definition) is 3. The third-order valence-electron chi connectivity index (χ3n) is 2.88. The zero-order valence-corrected chi connectivity index (χ0v) is 12.3.